The van der Waals surface area contributed by atoms with E-state index in [2.05, 4.69) is 26.4 Å². The van der Waals surface area contributed by atoms with Gasteiger partial charge in [0.1, 0.15) is 5.75 Å². The highest BCUT2D eigenvalue weighted by Crippen LogP contribution is 2.18. The fourth-order valence-electron chi connectivity index (χ4n) is 2.21. The highest BCUT2D eigenvalue weighted by atomic mass is 32.1. The molecule has 0 saturated heterocycles. The van der Waals surface area contributed by atoms with Crippen molar-refractivity contribution < 1.29 is 4.74 Å². The third-order valence-electron chi connectivity index (χ3n) is 3.48. The number of fused-ring (bicyclic) bond motifs is 1. The SMILES string of the molecule is COc1ccc(CNC(=S)NNc2nncc3ccccc23)cc1. The van der Waals surface area contributed by atoms with Gasteiger partial charge in [0.15, 0.2) is 10.9 Å². The molecule has 0 aliphatic rings. The Morgan fingerprint density at radius 2 is 1.92 bits per heavy atom. The van der Waals surface area contributed by atoms with Gasteiger partial charge >= 0.3 is 0 Å². The lowest BCUT2D eigenvalue weighted by atomic mass is 10.2. The van der Waals surface area contributed by atoms with Crippen molar-refractivity contribution >= 4 is 33.9 Å². The number of nitrogens with zero attached hydrogens (tertiary/aromatic N) is 2. The van der Waals surface area contributed by atoms with E-state index in [0.29, 0.717) is 17.5 Å². The monoisotopic (exact) mass is 339 g/mol. The van der Waals surface area contributed by atoms with E-state index >= 15 is 0 Å². The lowest BCUT2D eigenvalue weighted by Crippen LogP contribution is -2.38. The number of nitrogens with one attached hydrogen (secondary N) is 3. The molecule has 2 aromatic carbocycles. The van der Waals surface area contributed by atoms with E-state index in [4.69, 9.17) is 17.0 Å². The average Bonchev–Trinajstić information content (AvgIpc) is 2.65. The summed E-state index contributed by atoms with van der Waals surface area (Å²) in [5.41, 5.74) is 7.02. The summed E-state index contributed by atoms with van der Waals surface area (Å²) in [6.07, 6.45) is 1.72. The summed E-state index contributed by atoms with van der Waals surface area (Å²) in [5.74, 6) is 1.46. The summed E-state index contributed by atoms with van der Waals surface area (Å²) < 4.78 is 5.14. The standard InChI is InChI=1S/C17H17N5OS/c1-23-14-8-6-12(7-9-14)10-18-17(24)22-21-16-15-5-3-2-4-13(15)11-19-20-16/h2-9,11H,10H2,1H3,(H,20,21)(H2,18,22,24). The second-order valence-electron chi connectivity index (χ2n) is 5.06. The minimum absolute atomic E-state index is 0.473. The molecule has 3 N–H and O–H groups in total. The molecule has 0 bridgehead atoms. The molecule has 0 saturated carbocycles. The quantitative estimate of drug-likeness (QED) is 0.487. The molecule has 3 rings (SSSR count). The summed E-state index contributed by atoms with van der Waals surface area (Å²) >= 11 is 5.27. The van der Waals surface area contributed by atoms with Crippen LogP contribution in [0.3, 0.4) is 0 Å². The Kier molecular flexibility index (Phi) is 5.02. The van der Waals surface area contributed by atoms with Crippen LogP contribution in [0.5, 0.6) is 5.75 Å². The zero-order valence-corrected chi connectivity index (χ0v) is 13.9. The van der Waals surface area contributed by atoms with Gasteiger partial charge in [-0.05, 0) is 29.9 Å². The van der Waals surface area contributed by atoms with Gasteiger partial charge in [0, 0.05) is 17.3 Å². The van der Waals surface area contributed by atoms with Crippen molar-refractivity contribution in [2.24, 2.45) is 0 Å². The first-order valence-corrected chi connectivity index (χ1v) is 7.80. The molecule has 0 aliphatic carbocycles. The number of aromatic nitrogens is 2. The Hall–Kier alpha value is -2.93. The minimum Gasteiger partial charge on any atom is -0.497 e. The zero-order valence-electron chi connectivity index (χ0n) is 13.1. The molecule has 1 aromatic heterocycles. The Balaban J connectivity index is 1.55. The van der Waals surface area contributed by atoms with Crippen molar-refractivity contribution in [1.82, 2.24) is 20.9 Å². The lowest BCUT2D eigenvalue weighted by Gasteiger charge is -2.13. The van der Waals surface area contributed by atoms with Gasteiger partial charge in [-0.2, -0.15) is 5.10 Å². The van der Waals surface area contributed by atoms with Gasteiger partial charge in [0.05, 0.1) is 13.3 Å². The lowest BCUT2D eigenvalue weighted by molar-refractivity contribution is 0.414. The van der Waals surface area contributed by atoms with Gasteiger partial charge in [-0.15, -0.1) is 5.10 Å². The number of anilines is 1. The summed E-state index contributed by atoms with van der Waals surface area (Å²) in [7, 11) is 1.65. The third-order valence-corrected chi connectivity index (χ3v) is 3.72. The van der Waals surface area contributed by atoms with Gasteiger partial charge in [-0.25, -0.2) is 0 Å². The van der Waals surface area contributed by atoms with E-state index < -0.39 is 0 Å². The first-order valence-electron chi connectivity index (χ1n) is 7.39. The molecule has 0 unspecified atom stereocenters. The van der Waals surface area contributed by atoms with Crippen LogP contribution in [0, 0.1) is 0 Å². The van der Waals surface area contributed by atoms with E-state index in [1.807, 2.05) is 48.5 Å². The average molecular weight is 339 g/mol. The molecule has 0 fully saturated rings. The van der Waals surface area contributed by atoms with Crippen molar-refractivity contribution in [3.05, 3.63) is 60.3 Å². The predicted molar refractivity (Wildman–Crippen MR) is 98.7 cm³/mol. The first kappa shape index (κ1) is 15.9. The van der Waals surface area contributed by atoms with Crippen molar-refractivity contribution in [2.75, 3.05) is 12.5 Å². The molecular weight excluding hydrogens is 322 g/mol. The molecule has 0 spiro atoms. The normalized spacial score (nSPS) is 10.2. The summed E-state index contributed by atoms with van der Waals surface area (Å²) in [4.78, 5) is 0. The van der Waals surface area contributed by atoms with Crippen LogP contribution in [0.1, 0.15) is 5.56 Å². The fraction of sp³-hybridized carbons (Fsp3) is 0.118. The Morgan fingerprint density at radius 1 is 1.12 bits per heavy atom. The summed E-state index contributed by atoms with van der Waals surface area (Å²) in [5, 5.41) is 13.6. The molecular formula is C17H17N5OS. The maximum absolute atomic E-state index is 5.27. The third kappa shape index (κ3) is 3.88. The number of thiocarbonyl (C=S) groups is 1. The number of methoxy groups -OCH3 is 1. The van der Waals surface area contributed by atoms with Gasteiger partial charge < -0.3 is 10.1 Å². The molecule has 0 atom stereocenters. The van der Waals surface area contributed by atoms with Crippen molar-refractivity contribution in [3.8, 4) is 5.75 Å². The van der Waals surface area contributed by atoms with Gasteiger partial charge in [0.25, 0.3) is 0 Å². The maximum Gasteiger partial charge on any atom is 0.185 e. The highest BCUT2D eigenvalue weighted by Gasteiger charge is 2.03. The predicted octanol–water partition coefficient (Wildman–Crippen LogP) is 2.63. The number of rotatable bonds is 5. The van der Waals surface area contributed by atoms with E-state index in [0.717, 1.165) is 22.1 Å². The summed E-state index contributed by atoms with van der Waals surface area (Å²) in [6, 6.07) is 15.7. The number of benzene rings is 2. The molecule has 7 heteroatoms. The van der Waals surface area contributed by atoms with Crippen LogP contribution in [0.25, 0.3) is 10.8 Å². The largest absolute Gasteiger partial charge is 0.497 e. The molecule has 0 amide bonds. The maximum atomic E-state index is 5.27. The second kappa shape index (κ2) is 7.56. The smallest absolute Gasteiger partial charge is 0.185 e. The van der Waals surface area contributed by atoms with Gasteiger partial charge in [-0.3, -0.25) is 10.9 Å². The highest BCUT2D eigenvalue weighted by molar-refractivity contribution is 7.80. The van der Waals surface area contributed by atoms with Crippen molar-refractivity contribution in [2.45, 2.75) is 6.54 Å². The van der Waals surface area contributed by atoms with Gasteiger partial charge in [-0.1, -0.05) is 36.4 Å². The van der Waals surface area contributed by atoms with Crippen LogP contribution in [0.4, 0.5) is 5.82 Å². The van der Waals surface area contributed by atoms with E-state index in [1.165, 1.54) is 0 Å². The van der Waals surface area contributed by atoms with E-state index in [9.17, 15) is 0 Å². The van der Waals surface area contributed by atoms with Crippen molar-refractivity contribution in [3.63, 3.8) is 0 Å². The van der Waals surface area contributed by atoms with Crippen LogP contribution in [0.2, 0.25) is 0 Å². The molecule has 0 radical (unpaired) electrons. The number of hydrogen-bond acceptors (Lipinski definition) is 5. The Labute approximate surface area is 145 Å². The zero-order chi connectivity index (χ0) is 16.8. The molecule has 24 heavy (non-hydrogen) atoms. The topological polar surface area (TPSA) is 71.1 Å². The van der Waals surface area contributed by atoms with Crippen LogP contribution in [-0.2, 0) is 6.54 Å². The fourth-order valence-corrected chi connectivity index (χ4v) is 2.33. The minimum atomic E-state index is 0.473. The van der Waals surface area contributed by atoms with E-state index in [-0.39, 0.29) is 0 Å². The molecule has 1 heterocycles. The number of hydrogen-bond donors (Lipinski definition) is 3. The number of ether oxygens (including phenoxy) is 1. The molecule has 0 aliphatic heterocycles. The summed E-state index contributed by atoms with van der Waals surface area (Å²) in [6.45, 7) is 0.610. The first-order chi connectivity index (χ1) is 11.8. The van der Waals surface area contributed by atoms with Crippen LogP contribution in [0.15, 0.2) is 54.7 Å². The Bertz CT molecular complexity index is 833. The molecule has 122 valence electrons. The van der Waals surface area contributed by atoms with Crippen molar-refractivity contribution in [1.29, 1.82) is 0 Å². The Morgan fingerprint density at radius 3 is 2.71 bits per heavy atom. The van der Waals surface area contributed by atoms with Gasteiger partial charge in [0.2, 0.25) is 0 Å². The van der Waals surface area contributed by atoms with Crippen LogP contribution < -0.4 is 20.9 Å². The second-order valence-corrected chi connectivity index (χ2v) is 5.47. The molecule has 3 aromatic rings. The van der Waals surface area contributed by atoms with E-state index in [1.54, 1.807) is 13.3 Å². The molecule has 6 nitrogen and oxygen atoms in total. The van der Waals surface area contributed by atoms with Crippen LogP contribution in [-0.4, -0.2) is 22.4 Å². The van der Waals surface area contributed by atoms with Crippen LogP contribution >= 0.6 is 12.2 Å². The number of hydrazine groups is 1.